The van der Waals surface area contributed by atoms with Gasteiger partial charge < -0.3 is 15.5 Å². The Bertz CT molecular complexity index is 428. The van der Waals surface area contributed by atoms with E-state index in [0.717, 1.165) is 22.9 Å². The maximum absolute atomic E-state index is 12.1. The normalized spacial score (nSPS) is 18.2. The topological polar surface area (TPSA) is 69.6 Å². The van der Waals surface area contributed by atoms with Crippen LogP contribution in [0.2, 0.25) is 0 Å². The van der Waals surface area contributed by atoms with E-state index in [1.54, 1.807) is 0 Å². The maximum Gasteiger partial charge on any atom is 0.230 e. The highest BCUT2D eigenvalue weighted by molar-refractivity contribution is 9.10. The third-order valence-electron chi connectivity index (χ3n) is 3.29. The summed E-state index contributed by atoms with van der Waals surface area (Å²) in [6.07, 6.45) is 0.764. The SMILES string of the molecule is O=C(NCC(O)CO)C1(c2ccc(Br)cc2)CC1. The number of nitrogens with one attached hydrogen (secondary N) is 1. The Balaban J connectivity index is 2.03. The second kappa shape index (κ2) is 5.38. The molecule has 18 heavy (non-hydrogen) atoms. The van der Waals surface area contributed by atoms with Crippen LogP contribution in [-0.4, -0.2) is 35.4 Å². The van der Waals surface area contributed by atoms with Crippen LogP contribution in [0.25, 0.3) is 0 Å². The number of aliphatic hydroxyl groups is 2. The molecule has 0 aromatic heterocycles. The lowest BCUT2D eigenvalue weighted by Crippen LogP contribution is -2.40. The molecule has 0 bridgehead atoms. The molecule has 1 amide bonds. The summed E-state index contributed by atoms with van der Waals surface area (Å²) in [5, 5.41) is 20.6. The summed E-state index contributed by atoms with van der Waals surface area (Å²) in [6, 6.07) is 7.73. The van der Waals surface area contributed by atoms with E-state index in [1.807, 2.05) is 24.3 Å². The fraction of sp³-hybridized carbons (Fsp3) is 0.462. The van der Waals surface area contributed by atoms with Crippen LogP contribution in [0.5, 0.6) is 0 Å². The minimum atomic E-state index is -0.894. The van der Waals surface area contributed by atoms with Crippen molar-refractivity contribution in [2.45, 2.75) is 24.4 Å². The van der Waals surface area contributed by atoms with Crippen LogP contribution < -0.4 is 5.32 Å². The average molecular weight is 314 g/mol. The molecule has 3 N–H and O–H groups in total. The van der Waals surface area contributed by atoms with Gasteiger partial charge in [-0.3, -0.25) is 4.79 Å². The molecular formula is C13H16BrNO3. The smallest absolute Gasteiger partial charge is 0.230 e. The standard InChI is InChI=1S/C13H16BrNO3/c14-10-3-1-9(2-4-10)13(5-6-13)12(18)15-7-11(17)8-16/h1-4,11,16-17H,5-8H2,(H,15,18). The first-order chi connectivity index (χ1) is 8.58. The Labute approximate surface area is 114 Å². The van der Waals surface area contributed by atoms with Gasteiger partial charge in [0.05, 0.1) is 18.1 Å². The molecule has 0 aliphatic heterocycles. The van der Waals surface area contributed by atoms with E-state index in [9.17, 15) is 9.90 Å². The summed E-state index contributed by atoms with van der Waals surface area (Å²) in [5.74, 6) is -0.0719. The number of rotatable bonds is 5. The van der Waals surface area contributed by atoms with Gasteiger partial charge in [-0.1, -0.05) is 28.1 Å². The number of carbonyl (C=O) groups is 1. The monoisotopic (exact) mass is 313 g/mol. The van der Waals surface area contributed by atoms with Crippen molar-refractivity contribution in [2.24, 2.45) is 0 Å². The third kappa shape index (κ3) is 2.74. The Morgan fingerprint density at radius 2 is 2.00 bits per heavy atom. The van der Waals surface area contributed by atoms with Gasteiger partial charge in [0.15, 0.2) is 0 Å². The molecule has 4 nitrogen and oxygen atoms in total. The van der Waals surface area contributed by atoms with Gasteiger partial charge in [-0.2, -0.15) is 0 Å². The van der Waals surface area contributed by atoms with Gasteiger partial charge in [-0.05, 0) is 30.5 Å². The van der Waals surface area contributed by atoms with Gasteiger partial charge in [-0.15, -0.1) is 0 Å². The highest BCUT2D eigenvalue weighted by Gasteiger charge is 2.51. The second-order valence-corrected chi connectivity index (χ2v) is 5.55. The average Bonchev–Trinajstić information content (AvgIpc) is 3.17. The van der Waals surface area contributed by atoms with Crippen LogP contribution in [0.3, 0.4) is 0 Å². The summed E-state index contributed by atoms with van der Waals surface area (Å²) in [4.78, 5) is 12.1. The van der Waals surface area contributed by atoms with Crippen LogP contribution in [0.15, 0.2) is 28.7 Å². The summed E-state index contributed by atoms with van der Waals surface area (Å²) in [7, 11) is 0. The molecule has 0 heterocycles. The van der Waals surface area contributed by atoms with Crippen molar-refractivity contribution in [3.05, 3.63) is 34.3 Å². The quantitative estimate of drug-likeness (QED) is 0.758. The molecule has 0 spiro atoms. The Morgan fingerprint density at radius 3 is 2.50 bits per heavy atom. The molecule has 98 valence electrons. The van der Waals surface area contributed by atoms with E-state index in [2.05, 4.69) is 21.2 Å². The number of aliphatic hydroxyl groups excluding tert-OH is 2. The molecule has 1 fully saturated rings. The molecule has 0 radical (unpaired) electrons. The van der Waals surface area contributed by atoms with Gasteiger partial charge in [0.25, 0.3) is 0 Å². The molecule has 1 aliphatic rings. The summed E-state index contributed by atoms with van der Waals surface area (Å²) in [6.45, 7) is -0.251. The lowest BCUT2D eigenvalue weighted by Gasteiger charge is -2.17. The van der Waals surface area contributed by atoms with E-state index >= 15 is 0 Å². The van der Waals surface area contributed by atoms with Crippen molar-refractivity contribution < 1.29 is 15.0 Å². The first-order valence-electron chi connectivity index (χ1n) is 5.92. The Kier molecular flexibility index (Phi) is 4.04. The van der Waals surface area contributed by atoms with Crippen LogP contribution >= 0.6 is 15.9 Å². The van der Waals surface area contributed by atoms with Crippen LogP contribution in [0, 0.1) is 0 Å². The van der Waals surface area contributed by atoms with Crippen molar-refractivity contribution in [1.29, 1.82) is 0 Å². The second-order valence-electron chi connectivity index (χ2n) is 4.64. The molecule has 0 saturated heterocycles. The molecule has 1 saturated carbocycles. The molecule has 1 aromatic carbocycles. The van der Waals surface area contributed by atoms with Crippen molar-refractivity contribution in [3.8, 4) is 0 Å². The summed E-state index contributed by atoms with van der Waals surface area (Å²) >= 11 is 3.37. The molecule has 1 atom stereocenters. The van der Waals surface area contributed by atoms with Gasteiger partial charge in [0, 0.05) is 11.0 Å². The van der Waals surface area contributed by atoms with Crippen LogP contribution in [-0.2, 0) is 10.2 Å². The zero-order valence-electron chi connectivity index (χ0n) is 9.90. The van der Waals surface area contributed by atoms with Crippen molar-refractivity contribution >= 4 is 21.8 Å². The summed E-state index contributed by atoms with van der Waals surface area (Å²) in [5.41, 5.74) is 0.567. The number of halogens is 1. The molecule has 1 unspecified atom stereocenters. The van der Waals surface area contributed by atoms with Gasteiger partial charge >= 0.3 is 0 Å². The first-order valence-corrected chi connectivity index (χ1v) is 6.71. The van der Waals surface area contributed by atoms with E-state index in [4.69, 9.17) is 5.11 Å². The van der Waals surface area contributed by atoms with E-state index in [1.165, 1.54) is 0 Å². The highest BCUT2D eigenvalue weighted by atomic mass is 79.9. The van der Waals surface area contributed by atoms with E-state index < -0.39 is 11.5 Å². The third-order valence-corrected chi connectivity index (χ3v) is 3.82. The first kappa shape index (κ1) is 13.5. The van der Waals surface area contributed by atoms with Crippen molar-refractivity contribution in [3.63, 3.8) is 0 Å². The molecule has 1 aromatic rings. The van der Waals surface area contributed by atoms with Crippen molar-refractivity contribution in [2.75, 3.05) is 13.2 Å². The summed E-state index contributed by atoms with van der Waals surface area (Å²) < 4.78 is 0.984. The minimum absolute atomic E-state index is 0.0719. The number of benzene rings is 1. The highest BCUT2D eigenvalue weighted by Crippen LogP contribution is 2.48. The predicted molar refractivity (Wildman–Crippen MR) is 71.2 cm³/mol. The Morgan fingerprint density at radius 1 is 1.39 bits per heavy atom. The number of carbonyl (C=O) groups excluding carboxylic acids is 1. The predicted octanol–water partition coefficient (Wildman–Crippen LogP) is 0.950. The van der Waals surface area contributed by atoms with E-state index in [-0.39, 0.29) is 19.1 Å². The maximum atomic E-state index is 12.1. The fourth-order valence-corrected chi connectivity index (χ4v) is 2.25. The van der Waals surface area contributed by atoms with Gasteiger partial charge in [-0.25, -0.2) is 0 Å². The molecule has 5 heteroatoms. The largest absolute Gasteiger partial charge is 0.394 e. The van der Waals surface area contributed by atoms with Crippen LogP contribution in [0.4, 0.5) is 0 Å². The zero-order valence-corrected chi connectivity index (χ0v) is 11.5. The molecular weight excluding hydrogens is 298 g/mol. The molecule has 2 rings (SSSR count). The molecule has 1 aliphatic carbocycles. The van der Waals surface area contributed by atoms with Crippen molar-refractivity contribution in [1.82, 2.24) is 5.32 Å². The fourth-order valence-electron chi connectivity index (χ4n) is 1.99. The lowest BCUT2D eigenvalue weighted by atomic mass is 9.95. The van der Waals surface area contributed by atoms with Crippen LogP contribution in [0.1, 0.15) is 18.4 Å². The minimum Gasteiger partial charge on any atom is -0.394 e. The number of hydrogen-bond acceptors (Lipinski definition) is 3. The lowest BCUT2D eigenvalue weighted by molar-refractivity contribution is -0.124. The Hall–Kier alpha value is -0.910. The number of amides is 1. The number of hydrogen-bond donors (Lipinski definition) is 3. The van der Waals surface area contributed by atoms with Gasteiger partial charge in [0.1, 0.15) is 0 Å². The zero-order chi connectivity index (χ0) is 13.2. The van der Waals surface area contributed by atoms with Gasteiger partial charge in [0.2, 0.25) is 5.91 Å². The van der Waals surface area contributed by atoms with E-state index in [0.29, 0.717) is 0 Å².